The molecule has 0 aliphatic rings. The Morgan fingerprint density at radius 1 is 0.500 bits per heavy atom. The minimum Gasteiger partial charge on any atom is -1.00 e. The SMILES string of the molecule is NCCN.[Cl-].[Cl-].[Cl-].[Cl-].[Na+].[Na+].[Na+].[Na+]. The summed E-state index contributed by atoms with van der Waals surface area (Å²) >= 11 is 0. The minimum absolute atomic E-state index is 0. The fourth-order valence-electron chi connectivity index (χ4n) is 0. The maximum atomic E-state index is 4.90. The summed E-state index contributed by atoms with van der Waals surface area (Å²) in [6.07, 6.45) is 0. The molecule has 0 spiro atoms. The molecule has 0 aromatic heterocycles. The van der Waals surface area contributed by atoms with Gasteiger partial charge >= 0.3 is 118 Å². The summed E-state index contributed by atoms with van der Waals surface area (Å²) in [6.45, 7) is 1.19. The van der Waals surface area contributed by atoms with Crippen LogP contribution in [0, 0.1) is 0 Å². The number of nitrogens with two attached hydrogens (primary N) is 2. The number of rotatable bonds is 1. The van der Waals surface area contributed by atoms with Crippen molar-refractivity contribution in [2.24, 2.45) is 11.5 Å². The molecule has 0 aromatic rings. The van der Waals surface area contributed by atoms with Crippen LogP contribution in [0.3, 0.4) is 0 Å². The Morgan fingerprint density at radius 3 is 0.583 bits per heavy atom. The van der Waals surface area contributed by atoms with Gasteiger partial charge in [0, 0.05) is 13.1 Å². The van der Waals surface area contributed by atoms with Crippen LogP contribution in [0.1, 0.15) is 0 Å². The molecule has 0 amide bonds. The van der Waals surface area contributed by atoms with Crippen molar-refractivity contribution in [1.29, 1.82) is 0 Å². The van der Waals surface area contributed by atoms with E-state index in [-0.39, 0.29) is 168 Å². The van der Waals surface area contributed by atoms with Crippen molar-refractivity contribution >= 4 is 0 Å². The second-order valence-corrected chi connectivity index (χ2v) is 0.577. The molecule has 0 saturated carbocycles. The third-order valence-corrected chi connectivity index (χ3v) is 0.167. The molecule has 0 aromatic carbocycles. The van der Waals surface area contributed by atoms with Crippen molar-refractivity contribution in [3.63, 3.8) is 0 Å². The predicted octanol–water partition coefficient (Wildman–Crippen LogP) is -25.1. The van der Waals surface area contributed by atoms with Crippen LogP contribution in [0.2, 0.25) is 0 Å². The van der Waals surface area contributed by atoms with Crippen LogP contribution in [0.5, 0.6) is 0 Å². The number of hydrogen-bond acceptors (Lipinski definition) is 2. The first-order chi connectivity index (χ1) is 1.91. The smallest absolute Gasteiger partial charge is 1.00 e. The molecule has 0 heterocycles. The van der Waals surface area contributed by atoms with Gasteiger partial charge in [0.15, 0.2) is 0 Å². The first-order valence-corrected chi connectivity index (χ1v) is 1.32. The molecule has 10 heteroatoms. The summed E-state index contributed by atoms with van der Waals surface area (Å²) in [5.74, 6) is 0. The van der Waals surface area contributed by atoms with E-state index < -0.39 is 0 Å². The molecule has 2 nitrogen and oxygen atoms in total. The molecule has 4 N–H and O–H groups in total. The van der Waals surface area contributed by atoms with Gasteiger partial charge in [0.25, 0.3) is 0 Å². The molecule has 0 saturated heterocycles. The average molecular weight is 294 g/mol. The summed E-state index contributed by atoms with van der Waals surface area (Å²) in [5, 5.41) is 0. The van der Waals surface area contributed by atoms with E-state index in [4.69, 9.17) is 11.5 Å². The van der Waals surface area contributed by atoms with Crippen molar-refractivity contribution in [3.05, 3.63) is 0 Å². The van der Waals surface area contributed by atoms with E-state index in [0.29, 0.717) is 13.1 Å². The Labute approximate surface area is 188 Å². The van der Waals surface area contributed by atoms with E-state index in [2.05, 4.69) is 0 Å². The van der Waals surface area contributed by atoms with Crippen molar-refractivity contribution in [3.8, 4) is 0 Å². The molecular formula is C2H8Cl4N2Na4. The van der Waals surface area contributed by atoms with Crippen LogP contribution < -0.4 is 179 Å². The summed E-state index contributed by atoms with van der Waals surface area (Å²) in [6, 6.07) is 0. The third kappa shape index (κ3) is 80.9. The van der Waals surface area contributed by atoms with Crippen molar-refractivity contribution in [1.82, 2.24) is 0 Å². The van der Waals surface area contributed by atoms with Gasteiger partial charge in [0.05, 0.1) is 0 Å². The Kier molecular flexibility index (Phi) is 411. The van der Waals surface area contributed by atoms with Gasteiger partial charge in [-0.1, -0.05) is 0 Å². The molecule has 0 bridgehead atoms. The number of hydrogen-bond donors (Lipinski definition) is 2. The van der Waals surface area contributed by atoms with Gasteiger partial charge in [0.2, 0.25) is 0 Å². The monoisotopic (exact) mass is 292 g/mol. The van der Waals surface area contributed by atoms with Gasteiger partial charge in [-0.05, 0) is 0 Å². The fraction of sp³-hybridized carbons (Fsp3) is 1.00. The molecule has 0 radical (unpaired) electrons. The predicted molar refractivity (Wildman–Crippen MR) is 18.1 cm³/mol. The summed E-state index contributed by atoms with van der Waals surface area (Å²) in [4.78, 5) is 0. The van der Waals surface area contributed by atoms with E-state index in [1.165, 1.54) is 0 Å². The van der Waals surface area contributed by atoms with Crippen molar-refractivity contribution in [2.75, 3.05) is 13.1 Å². The van der Waals surface area contributed by atoms with Crippen LogP contribution in [0.4, 0.5) is 0 Å². The number of halogens is 4. The zero-order valence-corrected chi connectivity index (χ0v) is 19.1. The molecule has 0 fully saturated rings. The molecule has 0 rings (SSSR count). The van der Waals surface area contributed by atoms with Gasteiger partial charge in [-0.3, -0.25) is 0 Å². The molecule has 0 atom stereocenters. The summed E-state index contributed by atoms with van der Waals surface area (Å²) in [5.41, 5.74) is 9.81. The van der Waals surface area contributed by atoms with Crippen molar-refractivity contribution in [2.45, 2.75) is 0 Å². The van der Waals surface area contributed by atoms with E-state index >= 15 is 0 Å². The van der Waals surface area contributed by atoms with Crippen LogP contribution in [-0.2, 0) is 0 Å². The Morgan fingerprint density at radius 2 is 0.583 bits per heavy atom. The van der Waals surface area contributed by atoms with E-state index in [1.54, 1.807) is 0 Å². The fourth-order valence-corrected chi connectivity index (χ4v) is 0. The Balaban J connectivity index is -0.00000000161. The minimum atomic E-state index is 0. The maximum Gasteiger partial charge on any atom is 1.00 e. The van der Waals surface area contributed by atoms with E-state index in [9.17, 15) is 0 Å². The van der Waals surface area contributed by atoms with Crippen LogP contribution in [0.15, 0.2) is 0 Å². The van der Waals surface area contributed by atoms with Gasteiger partial charge < -0.3 is 61.1 Å². The van der Waals surface area contributed by atoms with E-state index in [0.717, 1.165) is 0 Å². The second kappa shape index (κ2) is 72.9. The van der Waals surface area contributed by atoms with Gasteiger partial charge in [0.1, 0.15) is 0 Å². The van der Waals surface area contributed by atoms with Crippen molar-refractivity contribution < 1.29 is 168 Å². The third-order valence-electron chi connectivity index (χ3n) is 0.167. The zero-order chi connectivity index (χ0) is 3.41. The Bertz CT molecular complexity index is 25.0. The normalized spacial score (nSPS) is 2.50. The largest absolute Gasteiger partial charge is 1.00 e. The van der Waals surface area contributed by atoms with E-state index in [1.807, 2.05) is 0 Å². The topological polar surface area (TPSA) is 52.0 Å². The second-order valence-electron chi connectivity index (χ2n) is 0.577. The Hall–Kier alpha value is 5.08. The molecule has 0 unspecified atom stereocenters. The molecule has 58 valence electrons. The maximum absolute atomic E-state index is 4.90. The molecule has 0 aliphatic carbocycles. The summed E-state index contributed by atoms with van der Waals surface area (Å²) < 4.78 is 0. The van der Waals surface area contributed by atoms with Gasteiger partial charge in [-0.25, -0.2) is 0 Å². The molecular weight excluding hydrogens is 286 g/mol. The first kappa shape index (κ1) is 67.6. The van der Waals surface area contributed by atoms with Crippen LogP contribution in [0.25, 0.3) is 0 Å². The first-order valence-electron chi connectivity index (χ1n) is 1.32. The molecule has 0 aliphatic heterocycles. The van der Waals surface area contributed by atoms with Crippen LogP contribution in [-0.4, -0.2) is 13.1 Å². The quantitative estimate of drug-likeness (QED) is 0.472. The molecule has 12 heavy (non-hydrogen) atoms. The van der Waals surface area contributed by atoms with Crippen LogP contribution >= 0.6 is 0 Å². The summed E-state index contributed by atoms with van der Waals surface area (Å²) in [7, 11) is 0. The van der Waals surface area contributed by atoms with Gasteiger partial charge in [-0.15, -0.1) is 0 Å². The van der Waals surface area contributed by atoms with Gasteiger partial charge in [-0.2, -0.15) is 0 Å². The average Bonchev–Trinajstić information content (AvgIpc) is 1.37. The zero-order valence-electron chi connectivity index (χ0n) is 8.08. The standard InChI is InChI=1S/C2H8N2.4ClH.4Na/c3-1-2-4;;;;;;;;/h1-4H2;4*1H;;;;/q;;;;;4*+1/p-4.